The molecule has 18 heavy (non-hydrogen) atoms. The Morgan fingerprint density at radius 1 is 1.17 bits per heavy atom. The highest BCUT2D eigenvalue weighted by molar-refractivity contribution is 5.26. The van der Waals surface area contributed by atoms with Crippen molar-refractivity contribution in [1.82, 2.24) is 10.2 Å². The zero-order chi connectivity index (χ0) is 12.6. The Morgan fingerprint density at radius 2 is 1.89 bits per heavy atom. The van der Waals surface area contributed by atoms with Crippen molar-refractivity contribution in [2.75, 3.05) is 33.3 Å². The Kier molecular flexibility index (Phi) is 5.65. The fraction of sp³-hybridized carbons (Fsp3) is 0.600. The number of benzene rings is 1. The number of ether oxygens (including phenoxy) is 1. The SMILES string of the molecule is CNCc1ccccc1COCCN1CCCC1. The van der Waals surface area contributed by atoms with Crippen molar-refractivity contribution in [1.29, 1.82) is 0 Å². The molecule has 1 aromatic carbocycles. The molecule has 2 rings (SSSR count). The molecule has 1 N–H and O–H groups in total. The molecule has 0 unspecified atom stereocenters. The molecule has 0 saturated carbocycles. The summed E-state index contributed by atoms with van der Waals surface area (Å²) in [6.45, 7) is 6.05. The molecule has 1 aromatic rings. The molecule has 1 fully saturated rings. The molecular weight excluding hydrogens is 224 g/mol. The van der Waals surface area contributed by atoms with E-state index in [1.165, 1.54) is 37.1 Å². The zero-order valence-electron chi connectivity index (χ0n) is 11.3. The van der Waals surface area contributed by atoms with Gasteiger partial charge in [0.15, 0.2) is 0 Å². The smallest absolute Gasteiger partial charge is 0.0720 e. The maximum atomic E-state index is 5.80. The summed E-state index contributed by atoms with van der Waals surface area (Å²) < 4.78 is 5.80. The number of likely N-dealkylation sites (tertiary alicyclic amines) is 1. The first-order chi connectivity index (χ1) is 8.90. The molecule has 1 heterocycles. The van der Waals surface area contributed by atoms with E-state index in [0.29, 0.717) is 0 Å². The van der Waals surface area contributed by atoms with Gasteiger partial charge in [-0.15, -0.1) is 0 Å². The molecule has 100 valence electrons. The van der Waals surface area contributed by atoms with Gasteiger partial charge in [-0.25, -0.2) is 0 Å². The molecule has 0 aliphatic carbocycles. The van der Waals surface area contributed by atoms with Crippen LogP contribution in [0.15, 0.2) is 24.3 Å². The van der Waals surface area contributed by atoms with E-state index in [1.807, 2.05) is 7.05 Å². The molecule has 1 saturated heterocycles. The van der Waals surface area contributed by atoms with E-state index in [1.54, 1.807) is 0 Å². The summed E-state index contributed by atoms with van der Waals surface area (Å²) in [5.74, 6) is 0. The lowest BCUT2D eigenvalue weighted by Crippen LogP contribution is -2.24. The van der Waals surface area contributed by atoms with Crippen LogP contribution in [0.25, 0.3) is 0 Å². The van der Waals surface area contributed by atoms with Crippen molar-refractivity contribution in [3.63, 3.8) is 0 Å². The molecule has 1 aliphatic rings. The summed E-state index contributed by atoms with van der Waals surface area (Å²) in [5.41, 5.74) is 2.63. The van der Waals surface area contributed by atoms with Crippen LogP contribution in [-0.2, 0) is 17.9 Å². The van der Waals surface area contributed by atoms with Gasteiger partial charge in [-0.05, 0) is 44.1 Å². The van der Waals surface area contributed by atoms with Crippen molar-refractivity contribution >= 4 is 0 Å². The van der Waals surface area contributed by atoms with E-state index >= 15 is 0 Å². The first kappa shape index (κ1) is 13.5. The molecule has 0 amide bonds. The summed E-state index contributed by atoms with van der Waals surface area (Å²) in [6, 6.07) is 8.48. The predicted octanol–water partition coefficient (Wildman–Crippen LogP) is 2.02. The van der Waals surface area contributed by atoms with E-state index in [2.05, 4.69) is 34.5 Å². The van der Waals surface area contributed by atoms with Crippen LogP contribution in [0.1, 0.15) is 24.0 Å². The molecule has 0 bridgehead atoms. The van der Waals surface area contributed by atoms with Gasteiger partial charge in [-0.1, -0.05) is 24.3 Å². The van der Waals surface area contributed by atoms with E-state index in [-0.39, 0.29) is 0 Å². The fourth-order valence-corrected chi connectivity index (χ4v) is 2.44. The Labute approximate surface area is 110 Å². The van der Waals surface area contributed by atoms with Gasteiger partial charge < -0.3 is 15.0 Å². The van der Waals surface area contributed by atoms with Gasteiger partial charge in [0.05, 0.1) is 13.2 Å². The summed E-state index contributed by atoms with van der Waals surface area (Å²) in [7, 11) is 1.98. The second kappa shape index (κ2) is 7.52. The minimum Gasteiger partial charge on any atom is -0.375 e. The maximum absolute atomic E-state index is 5.80. The average Bonchev–Trinajstić information content (AvgIpc) is 2.90. The van der Waals surface area contributed by atoms with Crippen molar-refractivity contribution in [2.45, 2.75) is 26.0 Å². The van der Waals surface area contributed by atoms with Crippen LogP contribution in [0.4, 0.5) is 0 Å². The van der Waals surface area contributed by atoms with E-state index in [9.17, 15) is 0 Å². The largest absolute Gasteiger partial charge is 0.375 e. The Bertz CT molecular complexity index is 348. The molecule has 0 radical (unpaired) electrons. The number of rotatable bonds is 7. The highest BCUT2D eigenvalue weighted by Gasteiger charge is 2.10. The van der Waals surface area contributed by atoms with Crippen LogP contribution in [-0.4, -0.2) is 38.2 Å². The van der Waals surface area contributed by atoms with E-state index in [4.69, 9.17) is 4.74 Å². The highest BCUT2D eigenvalue weighted by atomic mass is 16.5. The normalized spacial score (nSPS) is 16.3. The second-order valence-corrected chi connectivity index (χ2v) is 4.90. The first-order valence-electron chi connectivity index (χ1n) is 6.91. The minimum atomic E-state index is 0.728. The number of nitrogens with one attached hydrogen (secondary N) is 1. The topological polar surface area (TPSA) is 24.5 Å². The van der Waals surface area contributed by atoms with Crippen LogP contribution in [0.2, 0.25) is 0 Å². The first-order valence-corrected chi connectivity index (χ1v) is 6.91. The Balaban J connectivity index is 1.72. The number of hydrogen-bond donors (Lipinski definition) is 1. The minimum absolute atomic E-state index is 0.728. The Hall–Kier alpha value is -0.900. The van der Waals surface area contributed by atoms with E-state index < -0.39 is 0 Å². The molecule has 3 nitrogen and oxygen atoms in total. The average molecular weight is 248 g/mol. The van der Waals surface area contributed by atoms with Crippen LogP contribution in [0, 0.1) is 0 Å². The monoisotopic (exact) mass is 248 g/mol. The standard InChI is InChI=1S/C15H24N2O/c1-16-12-14-6-2-3-7-15(14)13-18-11-10-17-8-4-5-9-17/h2-3,6-7,16H,4-5,8-13H2,1H3. The number of nitrogens with zero attached hydrogens (tertiary/aromatic N) is 1. The zero-order valence-corrected chi connectivity index (χ0v) is 11.3. The van der Waals surface area contributed by atoms with Crippen molar-refractivity contribution in [2.24, 2.45) is 0 Å². The van der Waals surface area contributed by atoms with Gasteiger partial charge in [0.25, 0.3) is 0 Å². The van der Waals surface area contributed by atoms with Gasteiger partial charge in [0, 0.05) is 13.1 Å². The molecule has 1 aliphatic heterocycles. The van der Waals surface area contributed by atoms with Gasteiger partial charge in [-0.2, -0.15) is 0 Å². The van der Waals surface area contributed by atoms with Crippen LogP contribution in [0.5, 0.6) is 0 Å². The van der Waals surface area contributed by atoms with Gasteiger partial charge in [-0.3, -0.25) is 0 Å². The van der Waals surface area contributed by atoms with Crippen molar-refractivity contribution in [3.8, 4) is 0 Å². The lowest BCUT2D eigenvalue weighted by atomic mass is 10.1. The third kappa shape index (κ3) is 4.09. The third-order valence-electron chi connectivity index (χ3n) is 3.49. The third-order valence-corrected chi connectivity index (χ3v) is 3.49. The predicted molar refractivity (Wildman–Crippen MR) is 74.5 cm³/mol. The Morgan fingerprint density at radius 3 is 2.61 bits per heavy atom. The summed E-state index contributed by atoms with van der Waals surface area (Å²) >= 11 is 0. The quantitative estimate of drug-likeness (QED) is 0.747. The van der Waals surface area contributed by atoms with Crippen molar-refractivity contribution in [3.05, 3.63) is 35.4 Å². The second-order valence-electron chi connectivity index (χ2n) is 4.90. The van der Waals surface area contributed by atoms with Gasteiger partial charge in [0.2, 0.25) is 0 Å². The fourth-order valence-electron chi connectivity index (χ4n) is 2.44. The summed E-state index contributed by atoms with van der Waals surface area (Å²) in [5, 5.41) is 3.20. The lowest BCUT2D eigenvalue weighted by molar-refractivity contribution is 0.0987. The molecule has 0 atom stereocenters. The molecular formula is C15H24N2O. The van der Waals surface area contributed by atoms with Crippen molar-refractivity contribution < 1.29 is 4.74 Å². The van der Waals surface area contributed by atoms with Gasteiger partial charge >= 0.3 is 0 Å². The van der Waals surface area contributed by atoms with Crippen LogP contribution < -0.4 is 5.32 Å². The van der Waals surface area contributed by atoms with Crippen LogP contribution >= 0.6 is 0 Å². The van der Waals surface area contributed by atoms with Crippen LogP contribution in [0.3, 0.4) is 0 Å². The number of hydrogen-bond acceptors (Lipinski definition) is 3. The summed E-state index contributed by atoms with van der Waals surface area (Å²) in [4.78, 5) is 2.49. The summed E-state index contributed by atoms with van der Waals surface area (Å²) in [6.07, 6.45) is 2.70. The lowest BCUT2D eigenvalue weighted by Gasteiger charge is -2.15. The van der Waals surface area contributed by atoms with E-state index in [0.717, 1.165) is 26.3 Å². The highest BCUT2D eigenvalue weighted by Crippen LogP contribution is 2.10. The molecule has 3 heteroatoms. The molecule has 0 spiro atoms. The van der Waals surface area contributed by atoms with Gasteiger partial charge in [0.1, 0.15) is 0 Å². The molecule has 0 aromatic heterocycles. The maximum Gasteiger partial charge on any atom is 0.0720 e.